The third-order valence-electron chi connectivity index (χ3n) is 5.23. The van der Waals surface area contributed by atoms with Gasteiger partial charge in [-0.15, -0.1) is 0 Å². The van der Waals surface area contributed by atoms with E-state index in [9.17, 15) is 9.59 Å². The molecule has 1 aromatic carbocycles. The van der Waals surface area contributed by atoms with E-state index in [1.54, 1.807) is 0 Å². The van der Waals surface area contributed by atoms with Crippen LogP contribution in [0.4, 0.5) is 0 Å². The molecule has 0 bridgehead atoms. The van der Waals surface area contributed by atoms with Gasteiger partial charge in [0.05, 0.1) is 12.5 Å². The largest absolute Gasteiger partial charge is 0.353 e. The second-order valence-electron chi connectivity index (χ2n) is 7.05. The second-order valence-corrected chi connectivity index (χ2v) is 7.05. The standard InChI is InChI=1S/C20H27N3O2/c1-15-7-10-22(11-8-15)19(24)13-18-20(25)21-9-12-23(18)14-17-6-4-3-5-16(17)2/h3-7,18H,8-14H2,1-2H3,(H,21,25). The topological polar surface area (TPSA) is 52.7 Å². The van der Waals surface area contributed by atoms with E-state index in [0.717, 1.165) is 19.5 Å². The van der Waals surface area contributed by atoms with Gasteiger partial charge in [-0.2, -0.15) is 0 Å². The van der Waals surface area contributed by atoms with Crippen LogP contribution in [-0.2, 0) is 16.1 Å². The number of nitrogens with one attached hydrogen (secondary N) is 1. The Morgan fingerprint density at radius 2 is 2.04 bits per heavy atom. The van der Waals surface area contributed by atoms with Crippen LogP contribution in [0.1, 0.15) is 30.9 Å². The van der Waals surface area contributed by atoms with Crippen LogP contribution in [0, 0.1) is 6.92 Å². The van der Waals surface area contributed by atoms with Gasteiger partial charge in [-0.3, -0.25) is 14.5 Å². The normalized spacial score (nSPS) is 21.7. The molecule has 0 radical (unpaired) electrons. The van der Waals surface area contributed by atoms with Crippen molar-refractivity contribution in [1.82, 2.24) is 15.1 Å². The van der Waals surface area contributed by atoms with Crippen molar-refractivity contribution in [3.8, 4) is 0 Å². The van der Waals surface area contributed by atoms with E-state index >= 15 is 0 Å². The average molecular weight is 341 g/mol. The number of aryl methyl sites for hydroxylation is 1. The van der Waals surface area contributed by atoms with E-state index in [-0.39, 0.29) is 24.3 Å². The molecule has 1 aromatic rings. The van der Waals surface area contributed by atoms with E-state index in [4.69, 9.17) is 0 Å². The Morgan fingerprint density at radius 1 is 1.24 bits per heavy atom. The first-order valence-electron chi connectivity index (χ1n) is 9.04. The summed E-state index contributed by atoms with van der Waals surface area (Å²) in [5.74, 6) is 0.0394. The maximum atomic E-state index is 12.7. The first kappa shape index (κ1) is 17.7. The molecule has 2 aliphatic rings. The van der Waals surface area contributed by atoms with Crippen LogP contribution in [0.3, 0.4) is 0 Å². The molecule has 1 atom stereocenters. The summed E-state index contributed by atoms with van der Waals surface area (Å²) in [5.41, 5.74) is 3.77. The lowest BCUT2D eigenvalue weighted by Crippen LogP contribution is -2.56. The third-order valence-corrected chi connectivity index (χ3v) is 5.23. The number of rotatable bonds is 4. The smallest absolute Gasteiger partial charge is 0.237 e. The van der Waals surface area contributed by atoms with Crippen LogP contribution >= 0.6 is 0 Å². The maximum Gasteiger partial charge on any atom is 0.237 e. The van der Waals surface area contributed by atoms with Gasteiger partial charge in [-0.25, -0.2) is 0 Å². The monoisotopic (exact) mass is 341 g/mol. The van der Waals surface area contributed by atoms with Crippen LogP contribution in [0.25, 0.3) is 0 Å². The number of hydrogen-bond donors (Lipinski definition) is 1. The molecule has 1 fully saturated rings. The van der Waals surface area contributed by atoms with E-state index in [2.05, 4.69) is 42.3 Å². The van der Waals surface area contributed by atoms with Crippen molar-refractivity contribution < 1.29 is 9.59 Å². The van der Waals surface area contributed by atoms with Crippen LogP contribution in [-0.4, -0.2) is 53.8 Å². The van der Waals surface area contributed by atoms with Crippen molar-refractivity contribution in [1.29, 1.82) is 0 Å². The molecule has 0 saturated carbocycles. The van der Waals surface area contributed by atoms with E-state index in [1.807, 2.05) is 17.0 Å². The fourth-order valence-electron chi connectivity index (χ4n) is 3.47. The van der Waals surface area contributed by atoms with Crippen LogP contribution in [0.15, 0.2) is 35.9 Å². The van der Waals surface area contributed by atoms with Crippen molar-refractivity contribution >= 4 is 11.8 Å². The zero-order valence-electron chi connectivity index (χ0n) is 15.1. The molecule has 1 N–H and O–H groups in total. The lowest BCUT2D eigenvalue weighted by Gasteiger charge is -2.36. The van der Waals surface area contributed by atoms with Gasteiger partial charge in [0, 0.05) is 32.7 Å². The van der Waals surface area contributed by atoms with Crippen molar-refractivity contribution in [3.05, 3.63) is 47.0 Å². The molecule has 1 unspecified atom stereocenters. The van der Waals surface area contributed by atoms with E-state index in [1.165, 1.54) is 16.7 Å². The first-order chi connectivity index (χ1) is 12.0. The van der Waals surface area contributed by atoms with Crippen molar-refractivity contribution in [3.63, 3.8) is 0 Å². The van der Waals surface area contributed by atoms with Gasteiger partial charge in [-0.05, 0) is 31.4 Å². The minimum Gasteiger partial charge on any atom is -0.353 e. The Morgan fingerprint density at radius 3 is 2.76 bits per heavy atom. The highest BCUT2D eigenvalue weighted by atomic mass is 16.2. The number of nitrogens with zero attached hydrogens (tertiary/aromatic N) is 2. The van der Waals surface area contributed by atoms with Gasteiger partial charge in [0.2, 0.25) is 11.8 Å². The van der Waals surface area contributed by atoms with Crippen molar-refractivity contribution in [2.24, 2.45) is 0 Å². The summed E-state index contributed by atoms with van der Waals surface area (Å²) in [4.78, 5) is 29.1. The Hall–Kier alpha value is -2.14. The number of benzene rings is 1. The lowest BCUT2D eigenvalue weighted by atomic mass is 10.0. The molecule has 1 saturated heterocycles. The Balaban J connectivity index is 1.69. The molecule has 134 valence electrons. The van der Waals surface area contributed by atoms with Crippen LogP contribution in [0.5, 0.6) is 0 Å². The summed E-state index contributed by atoms with van der Waals surface area (Å²) >= 11 is 0. The molecule has 5 nitrogen and oxygen atoms in total. The number of carbonyl (C=O) groups excluding carboxylic acids is 2. The fraction of sp³-hybridized carbons (Fsp3) is 0.500. The highest BCUT2D eigenvalue weighted by Crippen LogP contribution is 2.18. The third kappa shape index (κ3) is 4.28. The first-order valence-corrected chi connectivity index (χ1v) is 9.04. The Labute approximate surface area is 149 Å². The Bertz CT molecular complexity index is 683. The van der Waals surface area contributed by atoms with E-state index < -0.39 is 0 Å². The fourth-order valence-corrected chi connectivity index (χ4v) is 3.47. The highest BCUT2D eigenvalue weighted by Gasteiger charge is 2.33. The molecule has 2 heterocycles. The zero-order chi connectivity index (χ0) is 17.8. The predicted molar refractivity (Wildman–Crippen MR) is 98.0 cm³/mol. The molecule has 25 heavy (non-hydrogen) atoms. The Kier molecular flexibility index (Phi) is 5.53. The maximum absolute atomic E-state index is 12.7. The second kappa shape index (κ2) is 7.83. The molecular weight excluding hydrogens is 314 g/mol. The number of piperazine rings is 1. The molecule has 2 aliphatic heterocycles. The van der Waals surface area contributed by atoms with Gasteiger partial charge in [0.25, 0.3) is 0 Å². The van der Waals surface area contributed by atoms with Gasteiger partial charge in [0.1, 0.15) is 0 Å². The average Bonchev–Trinajstić information content (AvgIpc) is 2.60. The van der Waals surface area contributed by atoms with Gasteiger partial charge < -0.3 is 10.2 Å². The van der Waals surface area contributed by atoms with Crippen LogP contribution < -0.4 is 5.32 Å². The number of amides is 2. The SMILES string of the molecule is CC1=CCN(C(=O)CC2C(=O)NCCN2Cc2ccccc2C)CC1. The number of hydrogen-bond acceptors (Lipinski definition) is 3. The molecular formula is C20H27N3O2. The predicted octanol–water partition coefficient (Wildman–Crippen LogP) is 1.86. The van der Waals surface area contributed by atoms with Crippen molar-refractivity contribution in [2.75, 3.05) is 26.2 Å². The molecule has 0 aliphatic carbocycles. The molecule has 0 spiro atoms. The van der Waals surface area contributed by atoms with Gasteiger partial charge in [-0.1, -0.05) is 35.9 Å². The minimum absolute atomic E-state index is 0.0306. The van der Waals surface area contributed by atoms with Gasteiger partial charge >= 0.3 is 0 Å². The summed E-state index contributed by atoms with van der Waals surface area (Å²) in [5, 5.41) is 2.91. The quantitative estimate of drug-likeness (QED) is 0.851. The summed E-state index contributed by atoms with van der Waals surface area (Å²) in [7, 11) is 0. The zero-order valence-corrected chi connectivity index (χ0v) is 15.1. The van der Waals surface area contributed by atoms with Gasteiger partial charge in [0.15, 0.2) is 0 Å². The molecule has 2 amide bonds. The van der Waals surface area contributed by atoms with Crippen LogP contribution in [0.2, 0.25) is 0 Å². The molecule has 3 rings (SSSR count). The highest BCUT2D eigenvalue weighted by molar-refractivity contribution is 5.89. The minimum atomic E-state index is -0.382. The summed E-state index contributed by atoms with van der Waals surface area (Å²) in [6.07, 6.45) is 3.29. The van der Waals surface area contributed by atoms with Crippen molar-refractivity contribution in [2.45, 2.75) is 39.3 Å². The molecule has 5 heteroatoms. The lowest BCUT2D eigenvalue weighted by molar-refractivity contribution is -0.138. The summed E-state index contributed by atoms with van der Waals surface area (Å²) < 4.78 is 0. The summed E-state index contributed by atoms with van der Waals surface area (Å²) in [6.45, 7) is 7.72. The summed E-state index contributed by atoms with van der Waals surface area (Å²) in [6, 6.07) is 7.84. The van der Waals surface area contributed by atoms with E-state index in [0.29, 0.717) is 19.6 Å². The number of carbonyl (C=O) groups is 2. The molecule has 0 aromatic heterocycles.